The minimum absolute atomic E-state index is 0. The summed E-state index contributed by atoms with van der Waals surface area (Å²) in [6.07, 6.45) is 3.13. The summed E-state index contributed by atoms with van der Waals surface area (Å²) < 4.78 is 6.27. The fourth-order valence-electron chi connectivity index (χ4n) is 3.66. The van der Waals surface area contributed by atoms with Crippen molar-refractivity contribution >= 4 is 82.0 Å². The van der Waals surface area contributed by atoms with Crippen LogP contribution in [0.15, 0.2) is 79.1 Å². The molecular weight excluding hydrogens is 599 g/mol. The fourth-order valence-corrected chi connectivity index (χ4v) is 4.78. The van der Waals surface area contributed by atoms with Gasteiger partial charge in [-0.25, -0.2) is 0 Å². The Balaban J connectivity index is 0.00000380. The smallest absolute Gasteiger partial charge is 0.243 e. The van der Waals surface area contributed by atoms with Gasteiger partial charge in [0.15, 0.2) is 0 Å². The highest BCUT2D eigenvalue weighted by Crippen LogP contribution is 2.33. The van der Waals surface area contributed by atoms with Gasteiger partial charge in [-0.3, -0.25) is 4.79 Å². The lowest BCUT2D eigenvalue weighted by atomic mass is 10.1. The second-order valence-electron chi connectivity index (χ2n) is 8.12. The van der Waals surface area contributed by atoms with Crippen molar-refractivity contribution in [2.75, 3.05) is 18.5 Å². The van der Waals surface area contributed by atoms with Crippen molar-refractivity contribution < 1.29 is 9.53 Å². The average molecular weight is 622 g/mol. The molecule has 3 aromatic carbocycles. The third-order valence-electron chi connectivity index (χ3n) is 5.51. The highest BCUT2D eigenvalue weighted by atomic mass is 35.5. The first-order chi connectivity index (χ1) is 17.3. The molecule has 0 fully saturated rings. The van der Waals surface area contributed by atoms with Gasteiger partial charge in [-0.2, -0.15) is 0 Å². The Morgan fingerprint density at radius 1 is 0.919 bits per heavy atom. The van der Waals surface area contributed by atoms with Gasteiger partial charge in [-0.15, -0.1) is 12.4 Å². The maximum absolute atomic E-state index is 12.5. The van der Waals surface area contributed by atoms with Crippen LogP contribution in [0.3, 0.4) is 0 Å². The molecule has 196 valence electrons. The Kier molecular flexibility index (Phi) is 11.1. The van der Waals surface area contributed by atoms with Gasteiger partial charge >= 0.3 is 0 Å². The number of nitrogens with zero attached hydrogens (tertiary/aromatic N) is 2. The molecule has 2 atom stereocenters. The number of amides is 1. The predicted octanol–water partition coefficient (Wildman–Crippen LogP) is 8.23. The van der Waals surface area contributed by atoms with Crippen LogP contribution in [0.5, 0.6) is 0 Å². The molecule has 0 spiro atoms. The molecule has 4 rings (SSSR count). The maximum Gasteiger partial charge on any atom is 0.243 e. The van der Waals surface area contributed by atoms with Crippen molar-refractivity contribution in [3.8, 4) is 0 Å². The van der Waals surface area contributed by atoms with Crippen molar-refractivity contribution in [1.29, 1.82) is 0 Å². The molecule has 0 aromatic heterocycles. The van der Waals surface area contributed by atoms with Gasteiger partial charge < -0.3 is 19.9 Å². The lowest BCUT2D eigenvalue weighted by molar-refractivity contribution is -0.117. The van der Waals surface area contributed by atoms with Crippen LogP contribution in [-0.2, 0) is 16.1 Å². The zero-order valence-electron chi connectivity index (χ0n) is 19.3. The van der Waals surface area contributed by atoms with Gasteiger partial charge in [0.25, 0.3) is 0 Å². The number of halogens is 6. The Hall–Kier alpha value is -1.83. The topological polar surface area (TPSA) is 44.8 Å². The van der Waals surface area contributed by atoms with E-state index in [4.69, 9.17) is 62.7 Å². The van der Waals surface area contributed by atoms with Crippen molar-refractivity contribution in [1.82, 2.24) is 9.80 Å². The largest absolute Gasteiger partial charge is 0.365 e. The number of para-hydroxylation sites is 1. The number of benzene rings is 3. The Morgan fingerprint density at radius 3 is 2.32 bits per heavy atom. The summed E-state index contributed by atoms with van der Waals surface area (Å²) in [4.78, 5) is 16.3. The molecule has 1 N–H and O–H groups in total. The van der Waals surface area contributed by atoms with Gasteiger partial charge in [0.2, 0.25) is 5.91 Å². The molecule has 37 heavy (non-hydrogen) atoms. The number of anilines is 1. The van der Waals surface area contributed by atoms with Crippen LogP contribution >= 0.6 is 70.4 Å². The molecule has 1 aliphatic heterocycles. The second-order valence-corrected chi connectivity index (χ2v) is 10.3. The SMILES string of the molecule is Cl.O=C(CN1C=CN(C(Cl)C(OCc2ccc(Cl)cc2Cl)c2ccc(Cl)cc2)C1)Nc1ccccc1Cl. The van der Waals surface area contributed by atoms with E-state index in [1.54, 1.807) is 42.5 Å². The van der Waals surface area contributed by atoms with Gasteiger partial charge in [0.1, 0.15) is 11.6 Å². The minimum Gasteiger partial charge on any atom is -0.365 e. The summed E-state index contributed by atoms with van der Waals surface area (Å²) in [5.74, 6) is -0.191. The zero-order valence-corrected chi connectivity index (χ0v) is 23.9. The first kappa shape index (κ1) is 29.7. The standard InChI is InChI=1S/C26H22Cl5N3O2.ClH/c27-19-8-5-17(6-9-19)25(36-15-18-7-10-20(28)13-22(18)30)26(31)34-12-11-33(16-34)14-24(35)32-23-4-2-1-3-21(23)29;/h1-13,25-26H,14-16H2,(H,32,35);1H. The van der Waals surface area contributed by atoms with Gasteiger partial charge in [0.05, 0.1) is 30.5 Å². The second kappa shape index (κ2) is 13.8. The number of carbonyl (C=O) groups excluding carboxylic acids is 1. The summed E-state index contributed by atoms with van der Waals surface area (Å²) in [5.41, 5.74) is 1.63. The molecule has 5 nitrogen and oxygen atoms in total. The molecule has 0 aliphatic carbocycles. The Morgan fingerprint density at radius 2 is 1.62 bits per heavy atom. The Labute approximate surface area is 247 Å². The zero-order chi connectivity index (χ0) is 25.7. The van der Waals surface area contributed by atoms with Crippen LogP contribution in [0.1, 0.15) is 17.2 Å². The van der Waals surface area contributed by atoms with Gasteiger partial charge in [-0.1, -0.05) is 88.3 Å². The van der Waals surface area contributed by atoms with Crippen LogP contribution in [0, 0.1) is 0 Å². The van der Waals surface area contributed by atoms with E-state index in [9.17, 15) is 4.79 Å². The highest BCUT2D eigenvalue weighted by Gasteiger charge is 2.30. The third kappa shape index (κ3) is 8.08. The number of hydrogen-bond acceptors (Lipinski definition) is 4. The molecule has 0 saturated carbocycles. The Bertz CT molecular complexity index is 1240. The van der Waals surface area contributed by atoms with Crippen molar-refractivity contribution in [3.63, 3.8) is 0 Å². The first-order valence-electron chi connectivity index (χ1n) is 11.0. The van der Waals surface area contributed by atoms with Crippen LogP contribution in [0.2, 0.25) is 20.1 Å². The number of ether oxygens (including phenoxy) is 1. The monoisotopic (exact) mass is 619 g/mol. The van der Waals surface area contributed by atoms with E-state index >= 15 is 0 Å². The fraction of sp³-hybridized carbons (Fsp3) is 0.192. The van der Waals surface area contributed by atoms with E-state index in [-0.39, 0.29) is 31.5 Å². The number of alkyl halides is 1. The number of carbonyl (C=O) groups is 1. The predicted molar refractivity (Wildman–Crippen MR) is 155 cm³/mol. The van der Waals surface area contributed by atoms with E-state index in [0.29, 0.717) is 32.4 Å². The van der Waals surface area contributed by atoms with Crippen LogP contribution in [0.4, 0.5) is 5.69 Å². The molecule has 1 heterocycles. The van der Waals surface area contributed by atoms with E-state index in [2.05, 4.69) is 5.32 Å². The summed E-state index contributed by atoms with van der Waals surface area (Å²) in [5, 5.41) is 4.98. The van der Waals surface area contributed by atoms with Crippen molar-refractivity contribution in [3.05, 3.63) is 110 Å². The lowest BCUT2D eigenvalue weighted by Gasteiger charge is -2.31. The van der Waals surface area contributed by atoms with E-state index in [1.807, 2.05) is 46.5 Å². The molecule has 3 aromatic rings. The summed E-state index contributed by atoms with van der Waals surface area (Å²) in [7, 11) is 0. The molecule has 0 saturated heterocycles. The van der Waals surface area contributed by atoms with E-state index in [0.717, 1.165) is 11.1 Å². The van der Waals surface area contributed by atoms with Gasteiger partial charge in [-0.05, 0) is 47.5 Å². The van der Waals surface area contributed by atoms with Crippen molar-refractivity contribution in [2.24, 2.45) is 0 Å². The number of hydrogen-bond donors (Lipinski definition) is 1. The summed E-state index contributed by atoms with van der Waals surface area (Å²) >= 11 is 31.5. The molecule has 2 unspecified atom stereocenters. The number of rotatable bonds is 9. The van der Waals surface area contributed by atoms with Crippen LogP contribution in [-0.4, -0.2) is 34.4 Å². The maximum atomic E-state index is 12.5. The number of nitrogens with one attached hydrogen (secondary N) is 1. The van der Waals surface area contributed by atoms with E-state index < -0.39 is 11.6 Å². The molecule has 1 aliphatic rings. The van der Waals surface area contributed by atoms with E-state index in [1.165, 1.54) is 0 Å². The first-order valence-corrected chi connectivity index (χ1v) is 12.9. The van der Waals surface area contributed by atoms with Gasteiger partial charge in [0, 0.05) is 27.5 Å². The molecule has 0 bridgehead atoms. The highest BCUT2D eigenvalue weighted by molar-refractivity contribution is 6.35. The average Bonchev–Trinajstić information content (AvgIpc) is 3.31. The molecule has 0 radical (unpaired) electrons. The van der Waals surface area contributed by atoms with Crippen molar-refractivity contribution in [2.45, 2.75) is 18.2 Å². The quantitative estimate of drug-likeness (QED) is 0.193. The third-order valence-corrected chi connectivity index (χ3v) is 7.16. The summed E-state index contributed by atoms with van der Waals surface area (Å²) in [6.45, 7) is 0.766. The lowest BCUT2D eigenvalue weighted by Crippen LogP contribution is -2.38. The minimum atomic E-state index is -0.579. The van der Waals surface area contributed by atoms with Crippen LogP contribution < -0.4 is 5.32 Å². The summed E-state index contributed by atoms with van der Waals surface area (Å²) in [6, 6.07) is 19.7. The molecular formula is C26H23Cl6N3O2. The molecule has 11 heteroatoms. The molecule has 1 amide bonds. The van der Waals surface area contributed by atoms with Crippen LogP contribution in [0.25, 0.3) is 0 Å². The normalized spacial score (nSPS) is 14.3.